The van der Waals surface area contributed by atoms with Crippen LogP contribution in [0.3, 0.4) is 0 Å². The fraction of sp³-hybridized carbons (Fsp3) is 0.667. The van der Waals surface area contributed by atoms with Crippen LogP contribution in [0.4, 0.5) is 8.78 Å². The minimum atomic E-state index is -1.14. The second-order valence-electron chi connectivity index (χ2n) is 7.83. The number of carbonyl (C=O) groups is 1. The predicted molar refractivity (Wildman–Crippen MR) is 104 cm³/mol. The Morgan fingerprint density at radius 2 is 2.00 bits per heavy atom. The number of halogens is 2. The van der Waals surface area contributed by atoms with Crippen molar-refractivity contribution in [3.05, 3.63) is 35.4 Å². The number of carboxylic acids is 1. The minimum Gasteiger partial charge on any atom is -0.481 e. The molecule has 1 N–H and O–H groups in total. The number of hydrogen-bond donors (Lipinski definition) is 1. The molecular weight excluding hydrogens is 347 g/mol. The highest BCUT2D eigenvalue weighted by Crippen LogP contribution is 2.36. The molecule has 1 aliphatic rings. The Kier molecular flexibility index (Phi) is 8.27. The summed E-state index contributed by atoms with van der Waals surface area (Å²) < 4.78 is 26.6. The molecular formula is C21H30BF2NO2. The summed E-state index contributed by atoms with van der Waals surface area (Å²) >= 11 is 0. The SMILES string of the molecule is [B]C(CCCC)(CCCC1CCCCN1Cc1ccc(F)c(F)c1)C(=O)O. The summed E-state index contributed by atoms with van der Waals surface area (Å²) in [4.78, 5) is 13.9. The molecule has 0 aliphatic carbocycles. The topological polar surface area (TPSA) is 40.5 Å². The Balaban J connectivity index is 1.92. The van der Waals surface area contributed by atoms with E-state index in [2.05, 4.69) is 4.90 Å². The average molecular weight is 377 g/mol. The van der Waals surface area contributed by atoms with Gasteiger partial charge in [0.25, 0.3) is 0 Å². The molecule has 0 saturated carbocycles. The third-order valence-corrected chi connectivity index (χ3v) is 5.68. The van der Waals surface area contributed by atoms with Gasteiger partial charge in [0.05, 0.1) is 7.85 Å². The highest BCUT2D eigenvalue weighted by Gasteiger charge is 2.32. The molecule has 0 amide bonds. The van der Waals surface area contributed by atoms with E-state index in [9.17, 15) is 18.7 Å². The van der Waals surface area contributed by atoms with Gasteiger partial charge in [0.2, 0.25) is 0 Å². The maximum absolute atomic E-state index is 13.5. The molecule has 2 rings (SSSR count). The molecule has 27 heavy (non-hydrogen) atoms. The number of rotatable bonds is 10. The lowest BCUT2D eigenvalue weighted by Crippen LogP contribution is -2.39. The van der Waals surface area contributed by atoms with Gasteiger partial charge >= 0.3 is 5.97 Å². The quantitative estimate of drug-likeness (QED) is 0.578. The summed E-state index contributed by atoms with van der Waals surface area (Å²) in [6.45, 7) is 3.54. The van der Waals surface area contributed by atoms with Gasteiger partial charge in [0.1, 0.15) is 0 Å². The van der Waals surface area contributed by atoms with Gasteiger partial charge in [-0.05, 0) is 56.3 Å². The molecule has 0 spiro atoms. The van der Waals surface area contributed by atoms with Crippen molar-refractivity contribution in [1.29, 1.82) is 0 Å². The zero-order valence-electron chi connectivity index (χ0n) is 16.2. The van der Waals surface area contributed by atoms with E-state index in [-0.39, 0.29) is 0 Å². The van der Waals surface area contributed by atoms with E-state index < -0.39 is 22.9 Å². The van der Waals surface area contributed by atoms with E-state index in [1.165, 1.54) is 12.1 Å². The van der Waals surface area contributed by atoms with Crippen molar-refractivity contribution < 1.29 is 18.7 Å². The summed E-state index contributed by atoms with van der Waals surface area (Å²) in [5.41, 5.74) is 0.766. The van der Waals surface area contributed by atoms with Crippen LogP contribution in [0.25, 0.3) is 0 Å². The standard InChI is InChI=1S/C21H30BF2NO2/c1-2-3-11-21(22,20(26)27)12-6-8-17-7-4-5-13-25(17)15-16-9-10-18(23)19(24)14-16/h9-10,14,17H,2-8,11-13,15H2,1H3,(H,26,27). The predicted octanol–water partition coefficient (Wildman–Crippen LogP) is 5.09. The zero-order valence-corrected chi connectivity index (χ0v) is 16.2. The number of hydrogen-bond acceptors (Lipinski definition) is 2. The molecule has 1 aromatic carbocycles. The summed E-state index contributed by atoms with van der Waals surface area (Å²) in [7, 11) is 6.14. The Morgan fingerprint density at radius 1 is 1.26 bits per heavy atom. The lowest BCUT2D eigenvalue weighted by Gasteiger charge is -2.36. The van der Waals surface area contributed by atoms with Crippen molar-refractivity contribution in [2.45, 2.75) is 82.6 Å². The number of likely N-dealkylation sites (tertiary alicyclic amines) is 1. The first kappa shape index (κ1) is 21.9. The first-order valence-corrected chi connectivity index (χ1v) is 10.1. The molecule has 148 valence electrons. The third kappa shape index (κ3) is 6.30. The Bertz CT molecular complexity index is 628. The minimum absolute atomic E-state index is 0.330. The lowest BCUT2D eigenvalue weighted by atomic mass is 9.62. The van der Waals surface area contributed by atoms with Gasteiger partial charge in [0, 0.05) is 17.9 Å². The van der Waals surface area contributed by atoms with Crippen molar-refractivity contribution in [2.24, 2.45) is 0 Å². The molecule has 0 bridgehead atoms. The maximum Gasteiger partial charge on any atom is 0.300 e. The van der Waals surface area contributed by atoms with Crippen LogP contribution in [0, 0.1) is 11.6 Å². The molecule has 1 aliphatic heterocycles. The van der Waals surface area contributed by atoms with Crippen molar-refractivity contribution >= 4 is 13.8 Å². The second-order valence-corrected chi connectivity index (χ2v) is 7.83. The van der Waals surface area contributed by atoms with Crippen LogP contribution in [-0.4, -0.2) is 36.4 Å². The van der Waals surface area contributed by atoms with Crippen LogP contribution in [0.1, 0.15) is 70.3 Å². The normalized spacial score (nSPS) is 20.3. The first-order valence-electron chi connectivity index (χ1n) is 10.1. The van der Waals surface area contributed by atoms with E-state index in [1.54, 1.807) is 6.07 Å². The molecule has 1 fully saturated rings. The molecule has 1 heterocycles. The number of nitrogens with zero attached hydrogens (tertiary/aromatic N) is 1. The number of unbranched alkanes of at least 4 members (excludes halogenated alkanes) is 1. The number of aliphatic carboxylic acids is 1. The molecule has 6 heteroatoms. The smallest absolute Gasteiger partial charge is 0.300 e. The maximum atomic E-state index is 13.5. The van der Waals surface area contributed by atoms with Gasteiger partial charge in [-0.25, -0.2) is 8.78 Å². The number of piperidine rings is 1. The molecule has 1 saturated heterocycles. The Labute approximate surface area is 162 Å². The second kappa shape index (κ2) is 10.2. The average Bonchev–Trinajstić information content (AvgIpc) is 2.64. The fourth-order valence-corrected chi connectivity index (χ4v) is 3.95. The third-order valence-electron chi connectivity index (χ3n) is 5.68. The van der Waals surface area contributed by atoms with E-state index in [1.807, 2.05) is 6.92 Å². The van der Waals surface area contributed by atoms with E-state index in [4.69, 9.17) is 7.85 Å². The van der Waals surface area contributed by atoms with Gasteiger partial charge in [-0.2, -0.15) is 0 Å². The monoisotopic (exact) mass is 377 g/mol. The van der Waals surface area contributed by atoms with E-state index in [0.717, 1.165) is 57.1 Å². The van der Waals surface area contributed by atoms with Gasteiger partial charge in [0.15, 0.2) is 11.6 Å². The van der Waals surface area contributed by atoms with Gasteiger partial charge in [-0.1, -0.05) is 38.7 Å². The number of carboxylic acid groups (broad SMARTS) is 1. The van der Waals surface area contributed by atoms with Gasteiger partial charge < -0.3 is 5.11 Å². The molecule has 2 atom stereocenters. The molecule has 2 unspecified atom stereocenters. The fourth-order valence-electron chi connectivity index (χ4n) is 3.95. The molecule has 0 aromatic heterocycles. The zero-order chi connectivity index (χ0) is 19.9. The van der Waals surface area contributed by atoms with Crippen molar-refractivity contribution in [2.75, 3.05) is 6.54 Å². The molecule has 3 nitrogen and oxygen atoms in total. The van der Waals surface area contributed by atoms with E-state index >= 15 is 0 Å². The Hall–Kier alpha value is -1.43. The van der Waals surface area contributed by atoms with Crippen molar-refractivity contribution in [3.63, 3.8) is 0 Å². The van der Waals surface area contributed by atoms with Crippen LogP contribution in [0.15, 0.2) is 18.2 Å². The van der Waals surface area contributed by atoms with Crippen LogP contribution in [0.2, 0.25) is 5.31 Å². The summed E-state index contributed by atoms with van der Waals surface area (Å²) in [6.07, 6.45) is 7.62. The van der Waals surface area contributed by atoms with Crippen LogP contribution < -0.4 is 0 Å². The summed E-state index contributed by atoms with van der Waals surface area (Å²) in [6, 6.07) is 4.40. The first-order chi connectivity index (χ1) is 12.9. The van der Waals surface area contributed by atoms with Crippen LogP contribution >= 0.6 is 0 Å². The van der Waals surface area contributed by atoms with Crippen molar-refractivity contribution in [3.8, 4) is 0 Å². The summed E-state index contributed by atoms with van der Waals surface area (Å²) in [5, 5.41) is 8.35. The highest BCUT2D eigenvalue weighted by atomic mass is 19.2. The van der Waals surface area contributed by atoms with Gasteiger partial charge in [-0.15, -0.1) is 0 Å². The van der Waals surface area contributed by atoms with E-state index in [0.29, 0.717) is 25.4 Å². The largest absolute Gasteiger partial charge is 0.481 e. The Morgan fingerprint density at radius 3 is 2.67 bits per heavy atom. The van der Waals surface area contributed by atoms with Crippen LogP contribution in [0.5, 0.6) is 0 Å². The van der Waals surface area contributed by atoms with Crippen molar-refractivity contribution in [1.82, 2.24) is 4.90 Å². The van der Waals surface area contributed by atoms with Gasteiger partial charge in [-0.3, -0.25) is 9.69 Å². The molecule has 1 aromatic rings. The summed E-state index contributed by atoms with van der Waals surface area (Å²) in [5.74, 6) is -2.56. The molecule has 2 radical (unpaired) electrons. The number of benzene rings is 1. The lowest BCUT2D eigenvalue weighted by molar-refractivity contribution is -0.141. The van der Waals surface area contributed by atoms with Crippen LogP contribution in [-0.2, 0) is 11.3 Å². The highest BCUT2D eigenvalue weighted by molar-refractivity contribution is 6.26.